The Morgan fingerprint density at radius 2 is 1.67 bits per heavy atom. The Hall–Kier alpha value is -1.91. The summed E-state index contributed by atoms with van der Waals surface area (Å²) < 4.78 is 0. The summed E-state index contributed by atoms with van der Waals surface area (Å²) in [6.45, 7) is 0. The van der Waals surface area contributed by atoms with E-state index in [1.54, 1.807) is 12.1 Å². The van der Waals surface area contributed by atoms with Gasteiger partial charge in [0.05, 0.1) is 11.3 Å². The molecule has 1 fully saturated rings. The summed E-state index contributed by atoms with van der Waals surface area (Å²) in [4.78, 5) is 22.2. The zero-order chi connectivity index (χ0) is 15.1. The normalized spacial score (nSPS) is 16.8. The van der Waals surface area contributed by atoms with Crippen LogP contribution < -0.4 is 5.32 Å². The second-order valence-electron chi connectivity index (χ2n) is 5.71. The van der Waals surface area contributed by atoms with E-state index in [0.29, 0.717) is 0 Å². The Labute approximate surface area is 124 Å². The van der Waals surface area contributed by atoms with Crippen LogP contribution in [0.2, 0.25) is 0 Å². The molecule has 1 aliphatic carbocycles. The van der Waals surface area contributed by atoms with Gasteiger partial charge in [-0.2, -0.15) is 0 Å². The molecule has 0 atom stereocenters. The fourth-order valence-corrected chi connectivity index (χ4v) is 2.80. The molecule has 1 aromatic carbocycles. The zero-order valence-corrected chi connectivity index (χ0v) is 12.2. The van der Waals surface area contributed by atoms with E-state index in [0.717, 1.165) is 18.4 Å². The molecule has 21 heavy (non-hydrogen) atoms. The summed E-state index contributed by atoms with van der Waals surface area (Å²) in [6, 6.07) is 6.47. The van der Waals surface area contributed by atoms with Gasteiger partial charge in [0.25, 0.3) is 5.69 Å². The molecule has 1 aromatic rings. The Morgan fingerprint density at radius 1 is 1.10 bits per heavy atom. The molecule has 0 aliphatic heterocycles. The van der Waals surface area contributed by atoms with Crippen LogP contribution in [0.1, 0.15) is 50.5 Å². The lowest BCUT2D eigenvalue weighted by Gasteiger charge is -2.21. The fourth-order valence-electron chi connectivity index (χ4n) is 2.80. The first-order chi connectivity index (χ1) is 10.1. The van der Waals surface area contributed by atoms with E-state index >= 15 is 0 Å². The number of benzene rings is 1. The molecule has 0 radical (unpaired) electrons. The molecule has 1 aliphatic rings. The molecule has 1 saturated carbocycles. The molecule has 0 saturated heterocycles. The average Bonchev–Trinajstić information content (AvgIpc) is 2.42. The lowest BCUT2D eigenvalue weighted by Crippen LogP contribution is -2.36. The van der Waals surface area contributed by atoms with E-state index in [9.17, 15) is 14.9 Å². The molecule has 5 heteroatoms. The summed E-state index contributed by atoms with van der Waals surface area (Å²) in [5, 5.41) is 13.7. The zero-order valence-electron chi connectivity index (χ0n) is 12.2. The van der Waals surface area contributed by atoms with Crippen molar-refractivity contribution in [2.75, 3.05) is 0 Å². The van der Waals surface area contributed by atoms with Crippen LogP contribution in [-0.4, -0.2) is 16.9 Å². The van der Waals surface area contributed by atoms with Crippen molar-refractivity contribution < 1.29 is 9.72 Å². The van der Waals surface area contributed by atoms with Crippen molar-refractivity contribution >= 4 is 11.6 Å². The number of nitrogens with zero attached hydrogens (tertiary/aromatic N) is 1. The minimum absolute atomic E-state index is 0.00873. The van der Waals surface area contributed by atoms with Crippen molar-refractivity contribution in [3.05, 3.63) is 39.9 Å². The van der Waals surface area contributed by atoms with Crippen molar-refractivity contribution in [2.45, 2.75) is 57.4 Å². The summed E-state index contributed by atoms with van der Waals surface area (Å²) in [6.07, 6.45) is 8.60. The Balaban J connectivity index is 1.84. The van der Waals surface area contributed by atoms with Gasteiger partial charge in [0.15, 0.2) is 0 Å². The molecular weight excluding hydrogens is 268 g/mol. The third-order valence-electron chi connectivity index (χ3n) is 3.98. The van der Waals surface area contributed by atoms with Gasteiger partial charge in [0, 0.05) is 18.2 Å². The van der Waals surface area contributed by atoms with Crippen molar-refractivity contribution in [1.29, 1.82) is 0 Å². The smallest absolute Gasteiger partial charge is 0.269 e. The largest absolute Gasteiger partial charge is 0.353 e. The number of carbonyl (C=O) groups is 1. The number of hydrogen-bond acceptors (Lipinski definition) is 3. The number of nitrogens with one attached hydrogen (secondary N) is 1. The second kappa shape index (κ2) is 7.76. The highest BCUT2D eigenvalue weighted by Gasteiger charge is 2.14. The van der Waals surface area contributed by atoms with Gasteiger partial charge in [-0.05, 0) is 18.4 Å². The molecule has 5 nitrogen and oxygen atoms in total. The maximum atomic E-state index is 12.1. The molecular formula is C16H22N2O3. The predicted molar refractivity (Wildman–Crippen MR) is 81.1 cm³/mol. The molecule has 0 aromatic heterocycles. The first-order valence-corrected chi connectivity index (χ1v) is 7.68. The fraction of sp³-hybridized carbons (Fsp3) is 0.562. The van der Waals surface area contributed by atoms with Crippen molar-refractivity contribution in [2.24, 2.45) is 0 Å². The highest BCUT2D eigenvalue weighted by molar-refractivity contribution is 5.78. The van der Waals surface area contributed by atoms with E-state index in [4.69, 9.17) is 0 Å². The number of carbonyl (C=O) groups excluding carboxylic acids is 1. The molecule has 0 unspecified atom stereocenters. The molecule has 0 bridgehead atoms. The minimum Gasteiger partial charge on any atom is -0.353 e. The molecule has 114 valence electrons. The van der Waals surface area contributed by atoms with E-state index in [1.165, 1.54) is 44.2 Å². The van der Waals surface area contributed by atoms with Crippen LogP contribution in [0.3, 0.4) is 0 Å². The van der Waals surface area contributed by atoms with Crippen molar-refractivity contribution in [3.8, 4) is 0 Å². The number of nitro benzene ring substituents is 1. The molecule has 1 amide bonds. The van der Waals surface area contributed by atoms with Gasteiger partial charge in [-0.25, -0.2) is 0 Å². The second-order valence-corrected chi connectivity index (χ2v) is 5.71. The topological polar surface area (TPSA) is 72.2 Å². The van der Waals surface area contributed by atoms with E-state index in [1.807, 2.05) is 0 Å². The molecule has 2 rings (SSSR count). The summed E-state index contributed by atoms with van der Waals surface area (Å²) in [7, 11) is 0. The van der Waals surface area contributed by atoms with Crippen LogP contribution in [0, 0.1) is 10.1 Å². The Kier molecular flexibility index (Phi) is 5.72. The lowest BCUT2D eigenvalue weighted by atomic mass is 9.96. The first kappa shape index (κ1) is 15.5. The van der Waals surface area contributed by atoms with Crippen LogP contribution in [0.25, 0.3) is 0 Å². The van der Waals surface area contributed by atoms with Crippen LogP contribution >= 0.6 is 0 Å². The Bertz CT molecular complexity index is 477. The van der Waals surface area contributed by atoms with Gasteiger partial charge in [-0.1, -0.05) is 44.2 Å². The minimum atomic E-state index is -0.432. The highest BCUT2D eigenvalue weighted by atomic mass is 16.6. The number of rotatable bonds is 4. The summed E-state index contributed by atoms with van der Waals surface area (Å²) in [5.41, 5.74) is 0.864. The number of nitro groups is 1. The number of non-ortho nitro benzene ring substituents is 1. The molecule has 0 heterocycles. The lowest BCUT2D eigenvalue weighted by molar-refractivity contribution is -0.384. The third kappa shape index (κ3) is 5.17. The summed E-state index contributed by atoms with van der Waals surface area (Å²) in [5.74, 6) is 0.00873. The van der Waals surface area contributed by atoms with E-state index in [-0.39, 0.29) is 24.1 Å². The maximum absolute atomic E-state index is 12.1. The van der Waals surface area contributed by atoms with Gasteiger partial charge in [0.2, 0.25) is 5.91 Å². The van der Waals surface area contributed by atoms with Gasteiger partial charge in [-0.3, -0.25) is 14.9 Å². The maximum Gasteiger partial charge on any atom is 0.269 e. The van der Waals surface area contributed by atoms with Gasteiger partial charge >= 0.3 is 0 Å². The van der Waals surface area contributed by atoms with Crippen molar-refractivity contribution in [3.63, 3.8) is 0 Å². The first-order valence-electron chi connectivity index (χ1n) is 7.68. The van der Waals surface area contributed by atoms with Crippen LogP contribution in [0.15, 0.2) is 24.3 Å². The standard InChI is InChI=1S/C16H22N2O3/c19-16(17-14-6-4-2-1-3-5-7-14)12-13-8-10-15(11-9-13)18(20)21/h8-11,14H,1-7,12H2,(H,17,19). The number of amides is 1. The monoisotopic (exact) mass is 290 g/mol. The summed E-state index contributed by atoms with van der Waals surface area (Å²) >= 11 is 0. The molecule has 0 spiro atoms. The van der Waals surface area contributed by atoms with Gasteiger partial charge in [0.1, 0.15) is 0 Å². The quantitative estimate of drug-likeness (QED) is 0.682. The number of hydrogen-bond donors (Lipinski definition) is 1. The molecule has 1 N–H and O–H groups in total. The average molecular weight is 290 g/mol. The van der Waals surface area contributed by atoms with Crippen molar-refractivity contribution in [1.82, 2.24) is 5.32 Å². The van der Waals surface area contributed by atoms with Crippen LogP contribution in [0.5, 0.6) is 0 Å². The highest BCUT2D eigenvalue weighted by Crippen LogP contribution is 2.17. The Morgan fingerprint density at radius 3 is 2.24 bits per heavy atom. The van der Waals surface area contributed by atoms with Gasteiger partial charge < -0.3 is 5.32 Å². The predicted octanol–water partition coefficient (Wildman–Crippen LogP) is 3.37. The van der Waals surface area contributed by atoms with Gasteiger partial charge in [-0.15, -0.1) is 0 Å². The third-order valence-corrected chi connectivity index (χ3v) is 3.98. The van der Waals surface area contributed by atoms with Crippen LogP contribution in [0.4, 0.5) is 5.69 Å². The van der Waals surface area contributed by atoms with E-state index < -0.39 is 4.92 Å². The van der Waals surface area contributed by atoms with E-state index in [2.05, 4.69) is 5.32 Å². The SMILES string of the molecule is O=C(Cc1ccc([N+](=O)[O-])cc1)NC1CCCCCCC1. The van der Waals surface area contributed by atoms with Crippen LogP contribution in [-0.2, 0) is 11.2 Å².